The van der Waals surface area contributed by atoms with Gasteiger partial charge in [-0.25, -0.2) is 0 Å². The van der Waals surface area contributed by atoms with Gasteiger partial charge in [-0.15, -0.1) is 0 Å². The average Bonchev–Trinajstić information content (AvgIpc) is 3.32. The summed E-state index contributed by atoms with van der Waals surface area (Å²) >= 11 is 6.18. The number of aromatic nitrogens is 1. The van der Waals surface area contributed by atoms with Crippen molar-refractivity contribution >= 4 is 17.5 Å². The molecule has 1 aliphatic heterocycles. The van der Waals surface area contributed by atoms with Crippen LogP contribution in [0.3, 0.4) is 0 Å². The van der Waals surface area contributed by atoms with E-state index >= 15 is 0 Å². The maximum Gasteiger partial charge on any atom is 0.276 e. The van der Waals surface area contributed by atoms with E-state index in [9.17, 15) is 4.79 Å². The fraction of sp³-hybridized carbons (Fsp3) is 0.200. The van der Waals surface area contributed by atoms with Gasteiger partial charge in [0.05, 0.1) is 5.02 Å². The number of carbonyl (C=O) groups is 1. The number of hydrogen-bond acceptors (Lipinski definition) is 3. The maximum atomic E-state index is 12.7. The molecule has 0 saturated carbocycles. The van der Waals surface area contributed by atoms with Gasteiger partial charge in [0.2, 0.25) is 0 Å². The zero-order chi connectivity index (χ0) is 17.2. The predicted octanol–water partition coefficient (Wildman–Crippen LogP) is 4.62. The van der Waals surface area contributed by atoms with Crippen LogP contribution in [0.25, 0.3) is 11.3 Å². The number of nitrogens with zero attached hydrogens (tertiary/aromatic N) is 2. The molecule has 0 spiro atoms. The van der Waals surface area contributed by atoms with Gasteiger partial charge in [0.25, 0.3) is 5.91 Å². The van der Waals surface area contributed by atoms with E-state index < -0.39 is 0 Å². The molecule has 1 saturated heterocycles. The van der Waals surface area contributed by atoms with Gasteiger partial charge >= 0.3 is 0 Å². The van der Waals surface area contributed by atoms with Crippen LogP contribution in [0.5, 0.6) is 0 Å². The van der Waals surface area contributed by atoms with Crippen molar-refractivity contribution in [3.05, 3.63) is 76.9 Å². The van der Waals surface area contributed by atoms with Crippen LogP contribution in [0, 0.1) is 0 Å². The Morgan fingerprint density at radius 3 is 2.68 bits per heavy atom. The van der Waals surface area contributed by atoms with E-state index in [0.717, 1.165) is 18.5 Å². The second-order valence-electron chi connectivity index (χ2n) is 6.20. The lowest BCUT2D eigenvalue weighted by atomic mass is 9.99. The maximum absolute atomic E-state index is 12.7. The number of rotatable bonds is 3. The van der Waals surface area contributed by atoms with E-state index in [4.69, 9.17) is 16.1 Å². The molecule has 0 N–H and O–H groups in total. The van der Waals surface area contributed by atoms with E-state index in [1.165, 1.54) is 5.56 Å². The highest BCUT2D eigenvalue weighted by Gasteiger charge is 2.29. The molecule has 4 nitrogen and oxygen atoms in total. The van der Waals surface area contributed by atoms with Crippen molar-refractivity contribution in [1.82, 2.24) is 10.1 Å². The SMILES string of the molecule is O=C(c1cc(-c2ccccc2Cl)on1)N1CCC(c2ccccc2)C1. The molecule has 1 atom stereocenters. The Balaban J connectivity index is 1.50. The van der Waals surface area contributed by atoms with E-state index in [1.54, 1.807) is 12.1 Å². The van der Waals surface area contributed by atoms with Crippen LogP contribution in [0.15, 0.2) is 65.2 Å². The largest absolute Gasteiger partial charge is 0.355 e. The molecule has 0 aliphatic carbocycles. The molecule has 1 amide bonds. The smallest absolute Gasteiger partial charge is 0.276 e. The topological polar surface area (TPSA) is 46.3 Å². The highest BCUT2D eigenvalue weighted by Crippen LogP contribution is 2.30. The first-order valence-corrected chi connectivity index (χ1v) is 8.66. The van der Waals surface area contributed by atoms with Crippen LogP contribution in [0.2, 0.25) is 5.02 Å². The van der Waals surface area contributed by atoms with Crippen molar-refractivity contribution in [3.63, 3.8) is 0 Å². The molecule has 25 heavy (non-hydrogen) atoms. The first-order valence-electron chi connectivity index (χ1n) is 8.28. The van der Waals surface area contributed by atoms with Gasteiger partial charge in [-0.05, 0) is 24.1 Å². The third kappa shape index (κ3) is 3.17. The summed E-state index contributed by atoms with van der Waals surface area (Å²) in [6, 6.07) is 19.3. The number of likely N-dealkylation sites (tertiary alicyclic amines) is 1. The lowest BCUT2D eigenvalue weighted by Gasteiger charge is -2.15. The van der Waals surface area contributed by atoms with Crippen LogP contribution in [-0.2, 0) is 0 Å². The Bertz CT molecular complexity index is 891. The Morgan fingerprint density at radius 2 is 1.88 bits per heavy atom. The molecule has 1 aromatic heterocycles. The monoisotopic (exact) mass is 352 g/mol. The number of benzene rings is 2. The second-order valence-corrected chi connectivity index (χ2v) is 6.61. The number of halogens is 1. The lowest BCUT2D eigenvalue weighted by molar-refractivity contribution is 0.0780. The van der Waals surface area contributed by atoms with Gasteiger partial charge in [-0.2, -0.15) is 0 Å². The van der Waals surface area contributed by atoms with Crippen molar-refractivity contribution in [2.24, 2.45) is 0 Å². The molecule has 3 aromatic rings. The molecule has 1 unspecified atom stereocenters. The Labute approximate surface area is 151 Å². The van der Waals surface area contributed by atoms with Crippen molar-refractivity contribution in [2.75, 3.05) is 13.1 Å². The fourth-order valence-electron chi connectivity index (χ4n) is 3.27. The van der Waals surface area contributed by atoms with Crippen LogP contribution in [0.1, 0.15) is 28.4 Å². The molecular formula is C20H17ClN2O2. The molecule has 4 rings (SSSR count). The standard InChI is InChI=1S/C20H17ClN2O2/c21-17-9-5-4-8-16(17)19-12-18(22-25-19)20(24)23-11-10-15(13-23)14-6-2-1-3-7-14/h1-9,12,15H,10-11,13H2. The summed E-state index contributed by atoms with van der Waals surface area (Å²) in [7, 11) is 0. The lowest BCUT2D eigenvalue weighted by Crippen LogP contribution is -2.28. The Hall–Kier alpha value is -2.59. The highest BCUT2D eigenvalue weighted by molar-refractivity contribution is 6.33. The summed E-state index contributed by atoms with van der Waals surface area (Å²) in [5.41, 5.74) is 2.33. The number of amides is 1. The Kier molecular flexibility index (Phi) is 4.28. The van der Waals surface area contributed by atoms with E-state index in [0.29, 0.717) is 28.9 Å². The van der Waals surface area contributed by atoms with Crippen molar-refractivity contribution < 1.29 is 9.32 Å². The van der Waals surface area contributed by atoms with Gasteiger partial charge in [-0.1, -0.05) is 59.2 Å². The fourth-order valence-corrected chi connectivity index (χ4v) is 3.50. The predicted molar refractivity (Wildman–Crippen MR) is 96.7 cm³/mol. The summed E-state index contributed by atoms with van der Waals surface area (Å²) in [6.45, 7) is 1.43. The summed E-state index contributed by atoms with van der Waals surface area (Å²) in [5.74, 6) is 0.785. The normalized spacial score (nSPS) is 17.0. The average molecular weight is 353 g/mol. The first kappa shape index (κ1) is 15.9. The minimum Gasteiger partial charge on any atom is -0.355 e. The van der Waals surface area contributed by atoms with Gasteiger partial charge in [0.15, 0.2) is 11.5 Å². The molecule has 0 radical (unpaired) electrons. The Morgan fingerprint density at radius 1 is 1.12 bits per heavy atom. The third-order valence-corrected chi connectivity index (χ3v) is 4.94. The summed E-state index contributed by atoms with van der Waals surface area (Å²) < 4.78 is 5.34. The zero-order valence-corrected chi connectivity index (χ0v) is 14.3. The molecule has 5 heteroatoms. The minimum absolute atomic E-state index is 0.0968. The van der Waals surface area contributed by atoms with E-state index in [2.05, 4.69) is 17.3 Å². The van der Waals surface area contributed by atoms with E-state index in [1.807, 2.05) is 41.3 Å². The van der Waals surface area contributed by atoms with E-state index in [-0.39, 0.29) is 5.91 Å². The molecule has 2 aromatic carbocycles. The van der Waals surface area contributed by atoms with Crippen LogP contribution in [0.4, 0.5) is 0 Å². The number of hydrogen-bond donors (Lipinski definition) is 0. The van der Waals surface area contributed by atoms with Gasteiger partial charge < -0.3 is 9.42 Å². The summed E-state index contributed by atoms with van der Waals surface area (Å²) in [5, 5.41) is 4.52. The van der Waals surface area contributed by atoms with Crippen LogP contribution in [-0.4, -0.2) is 29.1 Å². The molecule has 126 valence electrons. The molecule has 0 bridgehead atoms. The molecular weight excluding hydrogens is 336 g/mol. The number of carbonyl (C=O) groups excluding carboxylic acids is 1. The molecule has 1 aliphatic rings. The molecule has 1 fully saturated rings. The van der Waals surface area contributed by atoms with Crippen molar-refractivity contribution in [2.45, 2.75) is 12.3 Å². The van der Waals surface area contributed by atoms with Gasteiger partial charge in [0, 0.05) is 30.6 Å². The zero-order valence-electron chi connectivity index (χ0n) is 13.6. The van der Waals surface area contributed by atoms with Gasteiger partial charge in [0.1, 0.15) is 0 Å². The summed E-state index contributed by atoms with van der Waals surface area (Å²) in [4.78, 5) is 14.6. The van der Waals surface area contributed by atoms with Crippen LogP contribution < -0.4 is 0 Å². The quantitative estimate of drug-likeness (QED) is 0.690. The van der Waals surface area contributed by atoms with Crippen molar-refractivity contribution in [3.8, 4) is 11.3 Å². The molecule has 2 heterocycles. The third-order valence-electron chi connectivity index (χ3n) is 4.62. The van der Waals surface area contributed by atoms with Crippen molar-refractivity contribution in [1.29, 1.82) is 0 Å². The highest BCUT2D eigenvalue weighted by atomic mass is 35.5. The second kappa shape index (κ2) is 6.73. The minimum atomic E-state index is -0.0968. The van der Waals surface area contributed by atoms with Gasteiger partial charge in [-0.3, -0.25) is 4.79 Å². The van der Waals surface area contributed by atoms with Crippen LogP contribution >= 0.6 is 11.6 Å². The summed E-state index contributed by atoms with van der Waals surface area (Å²) in [6.07, 6.45) is 0.963. The first-order chi connectivity index (χ1) is 12.2.